The zero-order valence-corrected chi connectivity index (χ0v) is 14.0. The third-order valence-electron chi connectivity index (χ3n) is 3.72. The number of rotatable bonds is 5. The van der Waals surface area contributed by atoms with Crippen molar-refractivity contribution in [3.8, 4) is 22.6 Å². The highest BCUT2D eigenvalue weighted by Crippen LogP contribution is 2.24. The fraction of sp³-hybridized carbons (Fsp3) is 0.100. The number of carbonyl (C=O) groups is 1. The molecule has 0 fully saturated rings. The molecule has 1 N–H and O–H groups in total. The summed E-state index contributed by atoms with van der Waals surface area (Å²) in [5, 5.41) is 2.86. The van der Waals surface area contributed by atoms with Crippen molar-refractivity contribution in [2.75, 3.05) is 19.5 Å². The molecule has 0 saturated heterocycles. The number of amides is 1. The molecule has 0 aliphatic carbocycles. The normalized spacial score (nSPS) is 10.2. The first-order valence-corrected chi connectivity index (χ1v) is 7.74. The van der Waals surface area contributed by atoms with Gasteiger partial charge in [-0.05, 0) is 23.8 Å². The van der Waals surface area contributed by atoms with Gasteiger partial charge >= 0.3 is 0 Å². The summed E-state index contributed by atoms with van der Waals surface area (Å²) in [5.74, 6) is 0.852. The molecule has 3 rings (SSSR count). The van der Waals surface area contributed by atoms with Gasteiger partial charge in [-0.25, -0.2) is 0 Å². The fourth-order valence-electron chi connectivity index (χ4n) is 2.44. The molecule has 1 amide bonds. The van der Waals surface area contributed by atoms with Crippen LogP contribution in [-0.2, 0) is 0 Å². The highest BCUT2D eigenvalue weighted by Gasteiger charge is 2.11. The van der Waals surface area contributed by atoms with E-state index in [9.17, 15) is 4.79 Å². The van der Waals surface area contributed by atoms with Crippen LogP contribution >= 0.6 is 0 Å². The molecular weight excluding hydrogens is 316 g/mol. The van der Waals surface area contributed by atoms with Gasteiger partial charge in [-0.2, -0.15) is 0 Å². The van der Waals surface area contributed by atoms with Crippen molar-refractivity contribution in [1.82, 2.24) is 4.98 Å². The van der Waals surface area contributed by atoms with Crippen LogP contribution in [0.15, 0.2) is 67.0 Å². The van der Waals surface area contributed by atoms with Crippen LogP contribution in [0.4, 0.5) is 5.69 Å². The maximum Gasteiger partial charge on any atom is 0.255 e. The molecule has 0 radical (unpaired) electrons. The van der Waals surface area contributed by atoms with E-state index in [1.165, 1.54) is 0 Å². The van der Waals surface area contributed by atoms with Crippen LogP contribution in [0, 0.1) is 0 Å². The molecule has 5 nitrogen and oxygen atoms in total. The third-order valence-corrected chi connectivity index (χ3v) is 3.72. The first-order valence-electron chi connectivity index (χ1n) is 7.74. The quantitative estimate of drug-likeness (QED) is 0.765. The summed E-state index contributed by atoms with van der Waals surface area (Å²) in [4.78, 5) is 16.8. The van der Waals surface area contributed by atoms with Crippen molar-refractivity contribution in [3.05, 3.63) is 72.6 Å². The van der Waals surface area contributed by atoms with E-state index in [1.54, 1.807) is 44.8 Å². The second-order valence-electron chi connectivity index (χ2n) is 5.38. The Hall–Kier alpha value is -3.34. The minimum atomic E-state index is -0.260. The second-order valence-corrected chi connectivity index (χ2v) is 5.38. The van der Waals surface area contributed by atoms with Crippen LogP contribution in [0.2, 0.25) is 0 Å². The summed E-state index contributed by atoms with van der Waals surface area (Å²) in [5.41, 5.74) is 3.03. The average Bonchev–Trinajstić information content (AvgIpc) is 2.68. The Morgan fingerprint density at radius 2 is 1.56 bits per heavy atom. The molecule has 1 aromatic heterocycles. The highest BCUT2D eigenvalue weighted by molar-refractivity contribution is 6.05. The van der Waals surface area contributed by atoms with Crippen molar-refractivity contribution >= 4 is 11.6 Å². The predicted molar refractivity (Wildman–Crippen MR) is 97.2 cm³/mol. The van der Waals surface area contributed by atoms with Crippen LogP contribution in [0.5, 0.6) is 11.5 Å². The average molecular weight is 334 g/mol. The first kappa shape index (κ1) is 16.5. The highest BCUT2D eigenvalue weighted by atomic mass is 16.5. The van der Waals surface area contributed by atoms with E-state index in [4.69, 9.17) is 9.47 Å². The molecule has 5 heteroatoms. The minimum absolute atomic E-state index is 0.260. The summed E-state index contributed by atoms with van der Waals surface area (Å²) in [6, 6.07) is 16.8. The van der Waals surface area contributed by atoms with Gasteiger partial charge in [-0.15, -0.1) is 0 Å². The predicted octanol–water partition coefficient (Wildman–Crippen LogP) is 4.02. The summed E-state index contributed by atoms with van der Waals surface area (Å²) in [7, 11) is 3.09. The van der Waals surface area contributed by atoms with Crippen molar-refractivity contribution in [2.24, 2.45) is 0 Å². The van der Waals surface area contributed by atoms with Crippen LogP contribution in [0.25, 0.3) is 11.1 Å². The lowest BCUT2D eigenvalue weighted by molar-refractivity contribution is 0.102. The molecule has 0 aliphatic rings. The number of hydrogen-bond donors (Lipinski definition) is 1. The van der Waals surface area contributed by atoms with E-state index in [-0.39, 0.29) is 5.91 Å². The van der Waals surface area contributed by atoms with Gasteiger partial charge in [0.1, 0.15) is 11.5 Å². The number of methoxy groups -OCH3 is 2. The summed E-state index contributed by atoms with van der Waals surface area (Å²) >= 11 is 0. The van der Waals surface area contributed by atoms with Crippen molar-refractivity contribution in [3.63, 3.8) is 0 Å². The Kier molecular flexibility index (Phi) is 4.95. The molecule has 0 unspecified atom stereocenters. The molecule has 2 aromatic carbocycles. The van der Waals surface area contributed by atoms with Gasteiger partial charge < -0.3 is 14.8 Å². The minimum Gasteiger partial charge on any atom is -0.497 e. The topological polar surface area (TPSA) is 60.5 Å². The van der Waals surface area contributed by atoms with Crippen LogP contribution in [0.3, 0.4) is 0 Å². The van der Waals surface area contributed by atoms with Crippen molar-refractivity contribution in [2.45, 2.75) is 0 Å². The summed E-state index contributed by atoms with van der Waals surface area (Å²) in [6.07, 6.45) is 3.38. The zero-order chi connectivity index (χ0) is 17.6. The van der Waals surface area contributed by atoms with E-state index in [0.717, 1.165) is 11.1 Å². The van der Waals surface area contributed by atoms with E-state index >= 15 is 0 Å². The molecule has 0 bridgehead atoms. The Labute approximate surface area is 146 Å². The van der Waals surface area contributed by atoms with E-state index in [0.29, 0.717) is 22.7 Å². The monoisotopic (exact) mass is 334 g/mol. The van der Waals surface area contributed by atoms with Gasteiger partial charge in [0.05, 0.1) is 26.1 Å². The Morgan fingerprint density at radius 1 is 0.880 bits per heavy atom. The van der Waals surface area contributed by atoms with Crippen LogP contribution < -0.4 is 14.8 Å². The smallest absolute Gasteiger partial charge is 0.255 e. The third kappa shape index (κ3) is 3.95. The summed E-state index contributed by atoms with van der Waals surface area (Å²) < 4.78 is 10.4. The molecule has 25 heavy (non-hydrogen) atoms. The molecule has 126 valence electrons. The number of nitrogens with zero attached hydrogens (tertiary/aromatic N) is 1. The fourth-order valence-corrected chi connectivity index (χ4v) is 2.44. The molecular formula is C20H18N2O3. The van der Waals surface area contributed by atoms with Crippen molar-refractivity contribution < 1.29 is 14.3 Å². The maximum atomic E-state index is 12.5. The number of aromatic nitrogens is 1. The summed E-state index contributed by atoms with van der Waals surface area (Å²) in [6.45, 7) is 0. The number of carbonyl (C=O) groups excluding carboxylic acids is 1. The van der Waals surface area contributed by atoms with Gasteiger partial charge in [-0.1, -0.05) is 30.3 Å². The Morgan fingerprint density at radius 3 is 2.20 bits per heavy atom. The molecule has 0 spiro atoms. The molecule has 0 saturated carbocycles. The number of benzene rings is 2. The molecule has 1 heterocycles. The van der Waals surface area contributed by atoms with Gasteiger partial charge in [0.25, 0.3) is 5.91 Å². The van der Waals surface area contributed by atoms with E-state index in [2.05, 4.69) is 10.3 Å². The lowest BCUT2D eigenvalue weighted by Gasteiger charge is -2.10. The number of ether oxygens (including phenoxy) is 2. The zero-order valence-electron chi connectivity index (χ0n) is 14.0. The molecule has 3 aromatic rings. The lowest BCUT2D eigenvalue weighted by atomic mass is 10.1. The number of anilines is 1. The standard InChI is InChI=1S/C20H18N2O3/c1-24-18-9-15(10-19(11-18)25-2)20(23)22-17-8-16(12-21-13-17)14-6-4-3-5-7-14/h3-13H,1-2H3,(H,22,23). The van der Waals surface area contributed by atoms with Crippen LogP contribution in [-0.4, -0.2) is 25.1 Å². The van der Waals surface area contributed by atoms with Crippen molar-refractivity contribution in [1.29, 1.82) is 0 Å². The molecule has 0 atom stereocenters. The Bertz CT molecular complexity index is 857. The SMILES string of the molecule is COc1cc(OC)cc(C(=O)Nc2cncc(-c3ccccc3)c2)c1. The van der Waals surface area contributed by atoms with Gasteiger partial charge in [0.2, 0.25) is 0 Å². The van der Waals surface area contributed by atoms with Crippen LogP contribution in [0.1, 0.15) is 10.4 Å². The maximum absolute atomic E-state index is 12.5. The van der Waals surface area contributed by atoms with Gasteiger partial charge in [0, 0.05) is 23.4 Å². The van der Waals surface area contributed by atoms with Gasteiger partial charge in [-0.3, -0.25) is 9.78 Å². The second kappa shape index (κ2) is 7.49. The van der Waals surface area contributed by atoms with Gasteiger partial charge in [0.15, 0.2) is 0 Å². The number of hydrogen-bond acceptors (Lipinski definition) is 4. The number of nitrogens with one attached hydrogen (secondary N) is 1. The van der Waals surface area contributed by atoms with E-state index < -0.39 is 0 Å². The lowest BCUT2D eigenvalue weighted by Crippen LogP contribution is -2.12. The van der Waals surface area contributed by atoms with E-state index in [1.807, 2.05) is 36.4 Å². The largest absolute Gasteiger partial charge is 0.497 e. The first-order chi connectivity index (χ1) is 12.2. The Balaban J connectivity index is 1.84. The number of pyridine rings is 1. The molecule has 0 aliphatic heterocycles.